The van der Waals surface area contributed by atoms with Crippen molar-refractivity contribution in [1.82, 2.24) is 5.01 Å². The zero-order valence-corrected chi connectivity index (χ0v) is 15.1. The van der Waals surface area contributed by atoms with Crippen molar-refractivity contribution in [2.45, 2.75) is 6.42 Å². The van der Waals surface area contributed by atoms with Gasteiger partial charge in [-0.1, -0.05) is 40.7 Å². The first-order valence-electron chi connectivity index (χ1n) is 8.23. The Labute approximate surface area is 154 Å². The summed E-state index contributed by atoms with van der Waals surface area (Å²) in [4.78, 5) is 25.3. The van der Waals surface area contributed by atoms with Crippen LogP contribution in [0.3, 0.4) is 0 Å². The fraction of sp³-hybridized carbons (Fsp3) is 0.316. The van der Waals surface area contributed by atoms with E-state index in [9.17, 15) is 9.59 Å². The molecule has 2 fully saturated rings. The van der Waals surface area contributed by atoms with Gasteiger partial charge in [-0.3, -0.25) is 9.59 Å². The molecular formula is C19H17BrN2O3. The zero-order valence-electron chi connectivity index (χ0n) is 13.5. The predicted octanol–water partition coefficient (Wildman–Crippen LogP) is 3.15. The van der Waals surface area contributed by atoms with Gasteiger partial charge >= 0.3 is 0 Å². The van der Waals surface area contributed by atoms with E-state index in [2.05, 4.69) is 39.8 Å². The van der Waals surface area contributed by atoms with Crippen LogP contribution in [0, 0.1) is 23.7 Å². The summed E-state index contributed by atoms with van der Waals surface area (Å²) in [6, 6.07) is 5.50. The molecule has 1 aromatic rings. The van der Waals surface area contributed by atoms with Crippen LogP contribution in [0.2, 0.25) is 0 Å². The summed E-state index contributed by atoms with van der Waals surface area (Å²) in [5, 5.41) is 5.24. The maximum atomic E-state index is 12.6. The Morgan fingerprint density at radius 3 is 2.56 bits per heavy atom. The lowest BCUT2D eigenvalue weighted by Gasteiger charge is -2.13. The lowest BCUT2D eigenvalue weighted by atomic mass is 9.85. The van der Waals surface area contributed by atoms with Crippen LogP contribution in [0.25, 0.3) is 0 Å². The highest BCUT2D eigenvalue weighted by Crippen LogP contribution is 2.52. The Morgan fingerprint density at radius 1 is 1.24 bits per heavy atom. The van der Waals surface area contributed by atoms with Gasteiger partial charge in [-0.2, -0.15) is 10.1 Å². The van der Waals surface area contributed by atoms with Crippen molar-refractivity contribution in [2.75, 3.05) is 6.61 Å². The lowest BCUT2D eigenvalue weighted by molar-refractivity contribution is -0.140. The zero-order chi connectivity index (χ0) is 17.6. The summed E-state index contributed by atoms with van der Waals surface area (Å²) in [7, 11) is 0. The van der Waals surface area contributed by atoms with Crippen molar-refractivity contribution in [3.8, 4) is 5.75 Å². The van der Waals surface area contributed by atoms with Gasteiger partial charge in [0.1, 0.15) is 12.4 Å². The molecule has 0 N–H and O–H groups in total. The second kappa shape index (κ2) is 6.26. The number of benzene rings is 1. The van der Waals surface area contributed by atoms with Crippen molar-refractivity contribution >= 4 is 34.0 Å². The second-order valence-corrected chi connectivity index (χ2v) is 7.43. The molecule has 0 spiro atoms. The quantitative estimate of drug-likeness (QED) is 0.433. The van der Waals surface area contributed by atoms with E-state index < -0.39 is 0 Å². The minimum atomic E-state index is -0.237. The number of hydrogen-bond acceptors (Lipinski definition) is 4. The van der Waals surface area contributed by atoms with E-state index in [0.29, 0.717) is 17.9 Å². The number of halogens is 1. The number of fused-ring (bicyclic) bond motifs is 5. The van der Waals surface area contributed by atoms with E-state index in [1.54, 1.807) is 12.1 Å². The first-order valence-corrected chi connectivity index (χ1v) is 9.03. The molecular weight excluding hydrogens is 384 g/mol. The van der Waals surface area contributed by atoms with Gasteiger partial charge in [-0.25, -0.2) is 0 Å². The molecule has 1 saturated heterocycles. The van der Waals surface area contributed by atoms with Gasteiger partial charge in [-0.05, 0) is 36.5 Å². The third kappa shape index (κ3) is 2.65. The number of hydrazone groups is 1. The van der Waals surface area contributed by atoms with Crippen molar-refractivity contribution in [3.63, 3.8) is 0 Å². The Kier molecular flexibility index (Phi) is 4.07. The average molecular weight is 401 g/mol. The number of rotatable bonds is 5. The molecule has 2 aliphatic carbocycles. The molecule has 0 unspecified atom stereocenters. The molecule has 2 bridgehead atoms. The molecule has 1 saturated carbocycles. The first kappa shape index (κ1) is 16.3. The van der Waals surface area contributed by atoms with Crippen LogP contribution in [0.5, 0.6) is 5.75 Å². The normalized spacial score (nSPS) is 29.7. The highest BCUT2D eigenvalue weighted by atomic mass is 79.9. The van der Waals surface area contributed by atoms with E-state index in [-0.39, 0.29) is 35.5 Å². The van der Waals surface area contributed by atoms with Crippen LogP contribution in [0.1, 0.15) is 12.0 Å². The molecule has 1 heterocycles. The Hall–Kier alpha value is -2.21. The monoisotopic (exact) mass is 400 g/mol. The molecule has 1 aromatic carbocycles. The van der Waals surface area contributed by atoms with Crippen LogP contribution in [0.4, 0.5) is 0 Å². The Balaban J connectivity index is 1.59. The van der Waals surface area contributed by atoms with E-state index in [1.807, 2.05) is 12.1 Å². The van der Waals surface area contributed by atoms with Gasteiger partial charge < -0.3 is 4.74 Å². The van der Waals surface area contributed by atoms with Crippen molar-refractivity contribution in [1.29, 1.82) is 0 Å². The largest absolute Gasteiger partial charge is 0.489 e. The Morgan fingerprint density at radius 2 is 1.92 bits per heavy atom. The van der Waals surface area contributed by atoms with Crippen molar-refractivity contribution in [3.05, 3.63) is 53.0 Å². The fourth-order valence-corrected chi connectivity index (χ4v) is 4.40. The number of imide groups is 1. The summed E-state index contributed by atoms with van der Waals surface area (Å²) in [5.41, 5.74) is 0.690. The fourth-order valence-electron chi connectivity index (χ4n) is 4.02. The van der Waals surface area contributed by atoms with E-state index in [4.69, 9.17) is 4.74 Å². The van der Waals surface area contributed by atoms with Crippen molar-refractivity contribution < 1.29 is 14.3 Å². The first-order chi connectivity index (χ1) is 12.1. The molecule has 4 atom stereocenters. The molecule has 6 heteroatoms. The van der Waals surface area contributed by atoms with Gasteiger partial charge in [-0.15, -0.1) is 0 Å². The number of amides is 2. The summed E-state index contributed by atoms with van der Waals surface area (Å²) in [5.74, 6) is 0.136. The molecule has 2 amide bonds. The summed E-state index contributed by atoms with van der Waals surface area (Å²) < 4.78 is 6.46. The number of nitrogens with zero attached hydrogens (tertiary/aromatic N) is 2. The van der Waals surface area contributed by atoms with Gasteiger partial charge in [0.15, 0.2) is 0 Å². The van der Waals surface area contributed by atoms with Crippen LogP contribution < -0.4 is 4.74 Å². The third-order valence-corrected chi connectivity index (χ3v) is 5.58. The average Bonchev–Trinajstić information content (AvgIpc) is 3.27. The maximum absolute atomic E-state index is 12.6. The highest BCUT2D eigenvalue weighted by Gasteiger charge is 2.59. The van der Waals surface area contributed by atoms with Crippen LogP contribution in [-0.2, 0) is 9.59 Å². The van der Waals surface area contributed by atoms with Gasteiger partial charge in [0.2, 0.25) is 0 Å². The molecule has 0 aromatic heterocycles. The summed E-state index contributed by atoms with van der Waals surface area (Å²) in [6.07, 6.45) is 8.21. The second-order valence-electron chi connectivity index (χ2n) is 6.51. The molecule has 4 rings (SSSR count). The lowest BCUT2D eigenvalue weighted by Crippen LogP contribution is -2.28. The highest BCUT2D eigenvalue weighted by molar-refractivity contribution is 9.10. The molecule has 128 valence electrons. The minimum Gasteiger partial charge on any atom is -0.489 e. The SMILES string of the molecule is C=CCOc1ccc(Br)cc1C=NN1C(=O)[C@@H]2[C@H](C1=O)[C@H]1C=C[C@H]2C1. The molecule has 5 nitrogen and oxygen atoms in total. The van der Waals surface area contributed by atoms with Crippen LogP contribution >= 0.6 is 15.9 Å². The number of hydrogen-bond donors (Lipinski definition) is 0. The van der Waals surface area contributed by atoms with Crippen molar-refractivity contribution in [2.24, 2.45) is 28.8 Å². The molecule has 25 heavy (non-hydrogen) atoms. The molecule has 3 aliphatic rings. The van der Waals surface area contributed by atoms with Gasteiger partial charge in [0.05, 0.1) is 18.1 Å². The predicted molar refractivity (Wildman–Crippen MR) is 97.0 cm³/mol. The van der Waals surface area contributed by atoms with E-state index >= 15 is 0 Å². The standard InChI is InChI=1S/C19H17BrN2O3/c1-2-7-25-15-6-5-14(20)9-13(15)10-21-22-18(23)16-11-3-4-12(8-11)17(16)19(22)24/h2-6,9-12,16-17H,1,7-8H2/t11-,12-,16-,17+/m0/s1. The van der Waals surface area contributed by atoms with E-state index in [0.717, 1.165) is 15.9 Å². The summed E-state index contributed by atoms with van der Waals surface area (Å²) in [6.45, 7) is 4.00. The third-order valence-electron chi connectivity index (χ3n) is 5.09. The topological polar surface area (TPSA) is 59.0 Å². The number of carbonyl (C=O) groups is 2. The smallest absolute Gasteiger partial charge is 0.254 e. The molecule has 0 radical (unpaired) electrons. The van der Waals surface area contributed by atoms with Crippen LogP contribution in [0.15, 0.2) is 52.6 Å². The number of carbonyl (C=O) groups excluding carboxylic acids is 2. The minimum absolute atomic E-state index is 0.184. The Bertz CT molecular complexity index is 787. The number of ether oxygens (including phenoxy) is 1. The van der Waals surface area contributed by atoms with Gasteiger partial charge in [0, 0.05) is 10.0 Å². The van der Waals surface area contributed by atoms with Crippen LogP contribution in [-0.4, -0.2) is 29.6 Å². The van der Waals surface area contributed by atoms with Gasteiger partial charge in [0.25, 0.3) is 11.8 Å². The van der Waals surface area contributed by atoms with E-state index in [1.165, 1.54) is 6.21 Å². The summed E-state index contributed by atoms with van der Waals surface area (Å²) >= 11 is 3.41. The number of allylic oxidation sites excluding steroid dienone is 2. The maximum Gasteiger partial charge on any atom is 0.254 e. The molecule has 1 aliphatic heterocycles.